The summed E-state index contributed by atoms with van der Waals surface area (Å²) in [6, 6.07) is -3.72. The van der Waals surface area contributed by atoms with Gasteiger partial charge in [-0.15, -0.1) is 0 Å². The Hall–Kier alpha value is -14.8. The van der Waals surface area contributed by atoms with Gasteiger partial charge >= 0.3 is 11.9 Å². The van der Waals surface area contributed by atoms with Crippen LogP contribution in [0.4, 0.5) is 0 Å². The molecule has 0 aliphatic carbocycles. The van der Waals surface area contributed by atoms with Gasteiger partial charge in [0.1, 0.15) is 90.3 Å². The second kappa shape index (κ2) is 56.6. The van der Waals surface area contributed by atoms with E-state index in [1.54, 1.807) is 74.6 Å². The molecule has 6 aromatic rings. The number of rotatable bonds is 59. The minimum absolute atomic E-state index is 0.0109. The average molecular weight is 1980 g/mol. The number of carbonyl (C=O) groups excluding carboxylic acids is 17. The molecule has 0 fully saturated rings. The first kappa shape index (κ1) is 113. The third-order valence-corrected chi connectivity index (χ3v) is 21.8. The number of nitrogens with zero attached hydrogens (tertiary/aromatic N) is 2. The van der Waals surface area contributed by atoms with Crippen LogP contribution in [0.2, 0.25) is 0 Å². The number of imidazole rings is 2. The fourth-order valence-electron chi connectivity index (χ4n) is 13.8. The fraction of sp³-hybridized carbons (Fsp3) is 0.465. The molecule has 6 rings (SSSR count). The molecule has 0 radical (unpaired) electrons. The Bertz CT molecular complexity index is 5230. The van der Waals surface area contributed by atoms with Gasteiger partial charge in [0.15, 0.2) is 5.96 Å². The molecule has 0 saturated heterocycles. The van der Waals surface area contributed by atoms with Crippen molar-refractivity contribution >= 4 is 154 Å². The van der Waals surface area contributed by atoms with Crippen molar-refractivity contribution in [2.24, 2.45) is 23.1 Å². The number of para-hydroxylation sites is 1. The molecule has 33 N–H and O–H groups in total. The highest BCUT2D eigenvalue weighted by molar-refractivity contribution is 7.80. The number of hydrogen-bond donors (Lipinski definition) is 32. The van der Waals surface area contributed by atoms with Crippen LogP contribution in [0.1, 0.15) is 101 Å². The number of carbonyl (C=O) groups is 19. The summed E-state index contributed by atoms with van der Waals surface area (Å²) in [5.41, 5.74) is 18.4. The molecule has 0 unspecified atom stereocenters. The number of aromatic amines is 3. The molecule has 0 bridgehead atoms. The molecule has 0 aliphatic rings. The third-order valence-electron chi connectivity index (χ3n) is 21.0. The first-order valence-corrected chi connectivity index (χ1v) is 45.0. The summed E-state index contributed by atoms with van der Waals surface area (Å²) in [5.74, 6) is -23.4. The Labute approximate surface area is 806 Å². The Morgan fingerprint density at radius 2 is 0.813 bits per heavy atom. The Morgan fingerprint density at radius 3 is 1.29 bits per heavy atom. The number of phenolic OH excluding ortho intramolecular Hbond substituents is 1. The van der Waals surface area contributed by atoms with Crippen molar-refractivity contribution in [2.45, 2.75) is 208 Å². The minimum atomic E-state index is -2.04. The van der Waals surface area contributed by atoms with Crippen LogP contribution in [-0.2, 0) is 123 Å². The van der Waals surface area contributed by atoms with E-state index < -0.39 is 285 Å². The van der Waals surface area contributed by atoms with E-state index in [1.807, 2.05) is 0 Å². The lowest BCUT2D eigenvalue weighted by molar-refractivity contribution is -0.142. The van der Waals surface area contributed by atoms with Crippen molar-refractivity contribution in [1.82, 2.24) is 115 Å². The summed E-state index contributed by atoms with van der Waals surface area (Å²) < 4.78 is 0. The number of carboxylic acid groups (broad SMARTS) is 2. The maximum atomic E-state index is 14.9. The topological polar surface area (TPSA) is 825 Å². The van der Waals surface area contributed by atoms with Crippen molar-refractivity contribution in [3.63, 3.8) is 0 Å². The Kier molecular flexibility index (Phi) is 46.0. The molecular formula is C86H120N26O25S2. The number of phenols is 1. The number of H-pyrrole nitrogens is 3. The number of primary amides is 1. The number of guanidine groups is 1. The normalized spacial score (nSPS) is 14.8. The van der Waals surface area contributed by atoms with Gasteiger partial charge < -0.3 is 153 Å². The minimum Gasteiger partial charge on any atom is -0.508 e. The van der Waals surface area contributed by atoms with E-state index in [0.29, 0.717) is 22.0 Å². The van der Waals surface area contributed by atoms with E-state index in [-0.39, 0.29) is 73.0 Å². The largest absolute Gasteiger partial charge is 0.508 e. The van der Waals surface area contributed by atoms with E-state index in [0.717, 1.165) is 13.8 Å². The molecule has 0 spiro atoms. The lowest BCUT2D eigenvalue weighted by atomic mass is 10.0. The van der Waals surface area contributed by atoms with Gasteiger partial charge in [-0.2, -0.15) is 25.3 Å². The van der Waals surface area contributed by atoms with Gasteiger partial charge in [-0.3, -0.25) is 91.7 Å². The molecule has 17 amide bonds. The lowest BCUT2D eigenvalue weighted by Gasteiger charge is -2.29. The average Bonchev–Trinajstić information content (AvgIpc) is 1.69. The maximum Gasteiger partial charge on any atom is 0.327 e. The number of fused-ring (bicyclic) bond motifs is 1. The first-order chi connectivity index (χ1) is 65.9. The molecule has 51 nitrogen and oxygen atoms in total. The second-order valence-electron chi connectivity index (χ2n) is 32.7. The third kappa shape index (κ3) is 38.3. The van der Waals surface area contributed by atoms with Crippen LogP contribution in [0.15, 0.2) is 110 Å². The van der Waals surface area contributed by atoms with Crippen LogP contribution in [0, 0.1) is 11.3 Å². The van der Waals surface area contributed by atoms with E-state index >= 15 is 0 Å². The SMILES string of the molecule is CC(C)C[C@H](NC(=O)[C@@H](NC(=O)[C@H](Cc1ccccc1)NC(=O)CNC(=O)[C@H](Cc1c[nH]c2ccccc12)NC(=O)[C@H](Cc1c[nH]cn1)NC(=O)[C@@H](NC(=O)[C@@H](NC(=O)[C@H](CS)NC(=O)CNC(=O)[C@H](Cc1c[nH]cn1)NC(=O)[C@H](Cc1ccc(O)cc1)NC(=O)[C@H](CC(N)=O)NC(=O)[C@H](CCC(=O)O)NC(=O)[C@H](CCCNC(=N)N)NC(=O)CN)[C@@H](C)O)[C@@H](C)O)[C@@H](C)O)C(=O)N[C@@H](CS)C(=O)O. The van der Waals surface area contributed by atoms with Crippen LogP contribution in [0.5, 0.6) is 5.75 Å². The molecule has 3 aromatic heterocycles. The monoisotopic (exact) mass is 1980 g/mol. The zero-order valence-electron chi connectivity index (χ0n) is 76.3. The van der Waals surface area contributed by atoms with Crippen LogP contribution in [-0.4, -0.2) is 314 Å². The van der Waals surface area contributed by atoms with Crippen LogP contribution >= 0.6 is 25.3 Å². The highest BCUT2D eigenvalue weighted by Crippen LogP contribution is 2.21. The number of aliphatic hydroxyl groups excluding tert-OH is 3. The molecule has 756 valence electrons. The van der Waals surface area contributed by atoms with Crippen molar-refractivity contribution in [2.75, 3.05) is 37.7 Å². The summed E-state index contributed by atoms with van der Waals surface area (Å²) >= 11 is 8.18. The second-order valence-corrected chi connectivity index (χ2v) is 33.5. The van der Waals surface area contributed by atoms with Crippen molar-refractivity contribution in [3.8, 4) is 5.75 Å². The zero-order valence-corrected chi connectivity index (χ0v) is 78.1. The van der Waals surface area contributed by atoms with Crippen molar-refractivity contribution < 1.29 is 122 Å². The summed E-state index contributed by atoms with van der Waals surface area (Å²) in [4.78, 5) is 279. The van der Waals surface area contributed by atoms with Crippen molar-refractivity contribution in [1.29, 1.82) is 5.41 Å². The number of hydrogen-bond acceptors (Lipinski definition) is 29. The molecule has 53 heteroatoms. The number of aliphatic carboxylic acids is 2. The Morgan fingerprint density at radius 1 is 0.417 bits per heavy atom. The van der Waals surface area contributed by atoms with Crippen LogP contribution in [0.3, 0.4) is 0 Å². The van der Waals surface area contributed by atoms with E-state index in [1.165, 1.54) is 56.2 Å². The number of amides is 17. The standard InChI is InChI=1S/C86H120N26O25S2/c1-41(2)24-55(76(127)109-63(38-139)85(136)137)107-82(133)69(42(3)113)110-80(131)56(25-45-12-7-6-8-13-45)100-66(119)35-95-72(123)58(27-47-32-94-52-15-10-9-14-51(47)52)104-78(129)60(29-49-34-92-40-98-49)108-83(134)70(43(4)114)112-84(135)71(44(5)115)111-81(132)62(37-138)101-67(120)36-96-73(124)59(28-48-33-91-39-97-48)105-77(128)57(26-46-17-19-50(116)20-18-46)103-79(130)61(30-64(88)117)106-75(126)54(21-22-68(121)122)102-74(125)53(99-65(118)31-87)16-11-23-93-86(89)90/h6-10,12-15,17-20,32-34,39-44,53-63,69-71,94,113-116,138-139H,11,16,21-31,35-38,87H2,1-5H3,(H2,88,117)(H,91,97)(H,92,98)(H,95,123)(H,96,124)(H,99,118)(H,100,119)(H,101,120)(H,102,125)(H,103,130)(H,104,129)(H,105,128)(H,106,126)(H,107,133)(H,108,134)(H,109,127)(H,110,131)(H,111,132)(H,112,135)(H,121,122)(H,136,137)(H4,89,90,93)/t42-,43-,44-,53+,54+,55+,56+,57+,58+,59+,60+,61+,62+,63+,69+,70+,71+/m1/s1. The van der Waals surface area contributed by atoms with E-state index in [4.69, 9.17) is 22.6 Å². The summed E-state index contributed by atoms with van der Waals surface area (Å²) in [6.45, 7) is 4.33. The van der Waals surface area contributed by atoms with Gasteiger partial charge in [-0.25, -0.2) is 14.8 Å². The number of aliphatic hydroxyl groups is 3. The lowest BCUT2D eigenvalue weighted by Crippen LogP contribution is -2.63. The molecule has 0 saturated carbocycles. The van der Waals surface area contributed by atoms with Gasteiger partial charge in [0.25, 0.3) is 0 Å². The van der Waals surface area contributed by atoms with Gasteiger partial charge in [0.2, 0.25) is 100 Å². The molecule has 0 aliphatic heterocycles. The summed E-state index contributed by atoms with van der Waals surface area (Å²) in [7, 11) is 0. The predicted molar refractivity (Wildman–Crippen MR) is 500 cm³/mol. The van der Waals surface area contributed by atoms with Crippen molar-refractivity contribution in [3.05, 3.63) is 138 Å². The molecule has 3 heterocycles. The number of benzene rings is 3. The first-order valence-electron chi connectivity index (χ1n) is 43.7. The number of aromatic nitrogens is 5. The zero-order chi connectivity index (χ0) is 103. The number of aromatic hydroxyl groups is 1. The molecule has 139 heavy (non-hydrogen) atoms. The van der Waals surface area contributed by atoms with E-state index in [9.17, 15) is 122 Å². The smallest absolute Gasteiger partial charge is 0.327 e. The number of carboxylic acids is 2. The highest BCUT2D eigenvalue weighted by Gasteiger charge is 2.41. The molecule has 17 atom stereocenters. The van der Waals surface area contributed by atoms with E-state index in [2.05, 4.69) is 141 Å². The number of thiol groups is 2. The summed E-state index contributed by atoms with van der Waals surface area (Å²) in [5, 5.41) is 111. The fourth-order valence-corrected chi connectivity index (χ4v) is 14.3. The van der Waals surface area contributed by atoms with Gasteiger partial charge in [-0.05, 0) is 87.3 Å². The quantitative estimate of drug-likeness (QED) is 0.00730. The number of nitrogens with two attached hydrogens (primary N) is 3. The van der Waals surface area contributed by atoms with Gasteiger partial charge in [0.05, 0.1) is 68.4 Å². The number of nitrogens with one attached hydrogen (secondary N) is 21. The maximum absolute atomic E-state index is 14.9. The summed E-state index contributed by atoms with van der Waals surface area (Å²) in [6.07, 6.45) is -2.95. The van der Waals surface area contributed by atoms with Gasteiger partial charge in [0, 0.05) is 86.1 Å². The van der Waals surface area contributed by atoms with Crippen LogP contribution < -0.4 is 108 Å². The molecular weight excluding hydrogens is 1860 g/mol. The highest BCUT2D eigenvalue weighted by atomic mass is 32.1. The molecule has 3 aromatic carbocycles. The van der Waals surface area contributed by atoms with Gasteiger partial charge in [-0.1, -0.05) is 74.5 Å². The van der Waals surface area contributed by atoms with Crippen LogP contribution in [0.25, 0.3) is 10.9 Å². The Balaban J connectivity index is 1.16. The predicted octanol–water partition coefficient (Wildman–Crippen LogP) is -9.05.